The average Bonchev–Trinajstić information content (AvgIpc) is 3.32. The summed E-state index contributed by atoms with van der Waals surface area (Å²) in [6.45, 7) is 2.91. The number of rotatable bonds is 7. The number of benzene rings is 1. The molecule has 2 saturated heterocycles. The van der Waals surface area contributed by atoms with Crippen LogP contribution in [0.3, 0.4) is 0 Å². The van der Waals surface area contributed by atoms with Gasteiger partial charge in [0.25, 0.3) is 11.8 Å². The first-order valence-corrected chi connectivity index (χ1v) is 10.9. The Hall–Kier alpha value is -3.67. The zero-order valence-electron chi connectivity index (χ0n) is 19.2. The first kappa shape index (κ1) is 25.0. The number of nitrogens with zero attached hydrogens (tertiary/aromatic N) is 4. The van der Waals surface area contributed by atoms with Gasteiger partial charge in [-0.15, -0.1) is 4.91 Å². The molecule has 12 nitrogen and oxygen atoms in total. The monoisotopic (exact) mass is 473 g/mol. The van der Waals surface area contributed by atoms with Gasteiger partial charge in [0, 0.05) is 19.4 Å². The lowest BCUT2D eigenvalue weighted by Gasteiger charge is -2.42. The van der Waals surface area contributed by atoms with Crippen LogP contribution in [0.15, 0.2) is 35.6 Å². The highest BCUT2D eigenvalue weighted by Crippen LogP contribution is 2.31. The van der Waals surface area contributed by atoms with Crippen LogP contribution in [0.25, 0.3) is 0 Å². The number of carbonyl (C=O) groups is 5. The Bertz CT molecular complexity index is 1000. The number of anilines is 1. The largest absolute Gasteiger partial charge is 0.343 e. The topological polar surface area (TPSA) is 146 Å². The van der Waals surface area contributed by atoms with Crippen molar-refractivity contribution in [2.24, 2.45) is 5.29 Å². The molecule has 0 radical (unpaired) electrons. The van der Waals surface area contributed by atoms with E-state index in [2.05, 4.69) is 10.6 Å². The van der Waals surface area contributed by atoms with Crippen LogP contribution in [-0.4, -0.2) is 70.7 Å². The first-order valence-electron chi connectivity index (χ1n) is 10.9. The van der Waals surface area contributed by atoms with E-state index in [4.69, 9.17) is 4.84 Å². The molecule has 0 aliphatic carbocycles. The highest BCUT2D eigenvalue weighted by atomic mass is 16.7. The van der Waals surface area contributed by atoms with Crippen LogP contribution in [0.2, 0.25) is 0 Å². The van der Waals surface area contributed by atoms with Crippen LogP contribution in [-0.2, 0) is 28.8 Å². The molecule has 182 valence electrons. The van der Waals surface area contributed by atoms with Crippen molar-refractivity contribution in [3.63, 3.8) is 0 Å². The Morgan fingerprint density at radius 3 is 2.50 bits per heavy atom. The molecule has 2 aliphatic heterocycles. The quantitative estimate of drug-likeness (QED) is 0.349. The molecule has 1 N–H and O–H groups in total. The molecule has 2 heterocycles. The van der Waals surface area contributed by atoms with Crippen LogP contribution in [0.5, 0.6) is 0 Å². The van der Waals surface area contributed by atoms with Gasteiger partial charge in [0.05, 0.1) is 18.1 Å². The number of ketones is 1. The number of hydrogen-bond donors (Lipinski definition) is 1. The number of nitroso groups, excluding NO2 is 1. The normalized spacial score (nSPS) is 23.4. The van der Waals surface area contributed by atoms with Gasteiger partial charge in [0.2, 0.25) is 17.4 Å². The number of amides is 4. The Labute approximate surface area is 196 Å². The number of hydroxylamine groups is 2. The number of piperidine rings is 1. The first-order chi connectivity index (χ1) is 16.2. The maximum Gasteiger partial charge on any atom is 0.272 e. The number of nitrogens with one attached hydrogen (secondary N) is 1. The average molecular weight is 473 g/mol. The maximum atomic E-state index is 13.4. The molecule has 2 fully saturated rings. The highest BCUT2D eigenvalue weighted by molar-refractivity contribution is 6.15. The van der Waals surface area contributed by atoms with E-state index in [1.54, 1.807) is 18.2 Å². The van der Waals surface area contributed by atoms with Crippen molar-refractivity contribution in [1.29, 1.82) is 0 Å². The number of Topliss-reactive ketones (excluding diaryl/α,β-unsaturated/α-hetero) is 1. The van der Waals surface area contributed by atoms with Crippen LogP contribution in [0.1, 0.15) is 39.5 Å². The Balaban J connectivity index is 1.75. The summed E-state index contributed by atoms with van der Waals surface area (Å²) in [4.78, 5) is 81.8. The molecule has 0 saturated carbocycles. The fraction of sp³-hybridized carbons (Fsp3) is 0.500. The molecule has 2 aliphatic rings. The van der Waals surface area contributed by atoms with Crippen molar-refractivity contribution in [1.82, 2.24) is 15.3 Å². The smallest absolute Gasteiger partial charge is 0.272 e. The van der Waals surface area contributed by atoms with Crippen molar-refractivity contribution in [3.05, 3.63) is 35.2 Å². The number of carbonyl (C=O) groups excluding carboxylic acids is 5. The van der Waals surface area contributed by atoms with Crippen LogP contribution in [0, 0.1) is 4.91 Å². The van der Waals surface area contributed by atoms with Crippen molar-refractivity contribution in [3.8, 4) is 0 Å². The minimum Gasteiger partial charge on any atom is -0.343 e. The van der Waals surface area contributed by atoms with Gasteiger partial charge in [0.1, 0.15) is 12.1 Å². The molecular weight excluding hydrogens is 446 g/mol. The van der Waals surface area contributed by atoms with Crippen molar-refractivity contribution in [2.45, 2.75) is 57.2 Å². The lowest BCUT2D eigenvalue weighted by atomic mass is 9.86. The van der Waals surface area contributed by atoms with Gasteiger partial charge in [-0.25, -0.2) is 0 Å². The summed E-state index contributed by atoms with van der Waals surface area (Å²) in [5, 5.41) is 6.71. The minimum absolute atomic E-state index is 0.0677. The third kappa shape index (κ3) is 4.40. The lowest BCUT2D eigenvalue weighted by Crippen LogP contribution is -2.67. The molecule has 0 aromatic heterocycles. The zero-order chi connectivity index (χ0) is 25.0. The number of para-hydroxylation sites is 1. The van der Waals surface area contributed by atoms with Gasteiger partial charge < -0.3 is 10.2 Å². The van der Waals surface area contributed by atoms with E-state index < -0.39 is 47.0 Å². The summed E-state index contributed by atoms with van der Waals surface area (Å²) in [6, 6.07) is 5.94. The molecule has 0 unspecified atom stereocenters. The molecule has 12 heteroatoms. The second kappa shape index (κ2) is 10.1. The van der Waals surface area contributed by atoms with Crippen LogP contribution in [0.4, 0.5) is 5.69 Å². The predicted octanol–water partition coefficient (Wildman–Crippen LogP) is 0.708. The van der Waals surface area contributed by atoms with Gasteiger partial charge in [-0.3, -0.25) is 28.8 Å². The van der Waals surface area contributed by atoms with Crippen molar-refractivity contribution < 1.29 is 28.8 Å². The standard InChI is InChI=1S/C22H27N5O7/c1-14(20(31)26(24-33)15-8-5-4-6-9-15)23-19(30)16-10-7-13-25(16)21(32)22(2)17(28)11-12-18(29)27(22)34-3/h4-6,8-9,14,16H,7,10-13H2,1-3H3,(H,23,30)/t14-,16-,22+/m0/s1. The molecule has 0 bridgehead atoms. The Morgan fingerprint density at radius 1 is 1.21 bits per heavy atom. The van der Waals surface area contributed by atoms with Gasteiger partial charge in [0.15, 0.2) is 5.78 Å². The molecule has 4 amide bonds. The van der Waals surface area contributed by atoms with E-state index in [0.29, 0.717) is 17.9 Å². The third-order valence-electron chi connectivity index (χ3n) is 6.18. The van der Waals surface area contributed by atoms with Gasteiger partial charge in [-0.2, -0.15) is 10.1 Å². The lowest BCUT2D eigenvalue weighted by molar-refractivity contribution is -0.217. The Morgan fingerprint density at radius 2 is 1.88 bits per heavy atom. The van der Waals surface area contributed by atoms with E-state index >= 15 is 0 Å². The maximum absolute atomic E-state index is 13.4. The second-order valence-corrected chi connectivity index (χ2v) is 8.32. The van der Waals surface area contributed by atoms with E-state index in [-0.39, 0.29) is 25.1 Å². The Kier molecular flexibility index (Phi) is 7.40. The minimum atomic E-state index is -1.89. The van der Waals surface area contributed by atoms with Gasteiger partial charge in [-0.05, 0) is 38.8 Å². The summed E-state index contributed by atoms with van der Waals surface area (Å²) in [5.41, 5.74) is -1.64. The van der Waals surface area contributed by atoms with E-state index in [1.165, 1.54) is 38.0 Å². The van der Waals surface area contributed by atoms with Crippen molar-refractivity contribution >= 4 is 35.1 Å². The fourth-order valence-electron chi connectivity index (χ4n) is 4.32. The third-order valence-corrected chi connectivity index (χ3v) is 6.18. The van der Waals surface area contributed by atoms with Gasteiger partial charge >= 0.3 is 0 Å². The van der Waals surface area contributed by atoms with E-state index in [9.17, 15) is 28.9 Å². The zero-order valence-corrected chi connectivity index (χ0v) is 19.2. The van der Waals surface area contributed by atoms with E-state index in [0.717, 1.165) is 5.06 Å². The highest BCUT2D eigenvalue weighted by Gasteiger charge is 2.55. The van der Waals surface area contributed by atoms with Gasteiger partial charge in [-0.1, -0.05) is 18.2 Å². The fourth-order valence-corrected chi connectivity index (χ4v) is 4.32. The number of hydrogen-bond acceptors (Lipinski definition) is 8. The summed E-state index contributed by atoms with van der Waals surface area (Å²) >= 11 is 0. The SMILES string of the molecule is CON1C(=O)CCC(=O)[C@]1(C)C(=O)N1CCC[C@H]1C(=O)N[C@@H](C)C(=O)N(N=O)c1ccccc1. The molecule has 1 aromatic rings. The molecular formula is C22H27N5O7. The molecule has 3 atom stereocenters. The summed E-state index contributed by atoms with van der Waals surface area (Å²) < 4.78 is 0. The van der Waals surface area contributed by atoms with E-state index in [1.807, 2.05) is 0 Å². The van der Waals surface area contributed by atoms with Crippen molar-refractivity contribution in [2.75, 3.05) is 18.7 Å². The molecule has 34 heavy (non-hydrogen) atoms. The molecule has 3 rings (SSSR count). The molecule has 0 spiro atoms. The van der Waals surface area contributed by atoms with Crippen LogP contribution >= 0.6 is 0 Å². The number of likely N-dealkylation sites (tertiary alicyclic amines) is 1. The summed E-state index contributed by atoms with van der Waals surface area (Å²) in [5.74, 6) is -3.07. The van der Waals surface area contributed by atoms with Crippen LogP contribution < -0.4 is 10.3 Å². The molecule has 1 aromatic carbocycles. The predicted molar refractivity (Wildman–Crippen MR) is 119 cm³/mol. The second-order valence-electron chi connectivity index (χ2n) is 8.32. The summed E-state index contributed by atoms with van der Waals surface area (Å²) in [7, 11) is 1.20. The summed E-state index contributed by atoms with van der Waals surface area (Å²) in [6.07, 6.45) is 0.619.